The van der Waals surface area contributed by atoms with Crippen molar-refractivity contribution in [1.29, 1.82) is 0 Å². The summed E-state index contributed by atoms with van der Waals surface area (Å²) in [7, 11) is 0. The van der Waals surface area contributed by atoms with Gasteiger partial charge < -0.3 is 5.11 Å². The maximum absolute atomic E-state index is 10.1. The number of halogens is 1. The normalized spacial score (nSPS) is 19.6. The molecule has 1 aromatic rings. The zero-order valence-corrected chi connectivity index (χ0v) is 8.43. The van der Waals surface area contributed by atoms with E-state index in [2.05, 4.69) is 0 Å². The van der Waals surface area contributed by atoms with Crippen molar-refractivity contribution in [3.63, 3.8) is 0 Å². The van der Waals surface area contributed by atoms with Crippen molar-refractivity contribution in [2.45, 2.75) is 31.8 Å². The Bertz CT molecular complexity index is 329. The monoisotopic (exact) mass is 196 g/mol. The van der Waals surface area contributed by atoms with Gasteiger partial charge in [-0.2, -0.15) is 0 Å². The molecule has 1 aliphatic carbocycles. The van der Waals surface area contributed by atoms with Crippen molar-refractivity contribution in [2.75, 3.05) is 0 Å². The first-order valence-electron chi connectivity index (χ1n) is 4.61. The molecule has 1 N–H and O–H groups in total. The Labute approximate surface area is 83.3 Å². The minimum atomic E-state index is -0.560. The summed E-state index contributed by atoms with van der Waals surface area (Å²) in [6.07, 6.45) is 2.89. The lowest BCUT2D eigenvalue weighted by molar-refractivity contribution is -0.0388. The summed E-state index contributed by atoms with van der Waals surface area (Å²) in [6.45, 7) is 1.97. The third kappa shape index (κ3) is 1.47. The van der Waals surface area contributed by atoms with Crippen LogP contribution in [0, 0.1) is 6.92 Å². The van der Waals surface area contributed by atoms with Crippen LogP contribution in [0.3, 0.4) is 0 Å². The van der Waals surface area contributed by atoms with Gasteiger partial charge in [0.25, 0.3) is 0 Å². The number of aryl methyl sites for hydroxylation is 1. The lowest BCUT2D eigenvalue weighted by atomic mass is 9.75. The van der Waals surface area contributed by atoms with Gasteiger partial charge in [0.15, 0.2) is 0 Å². The molecule has 1 aromatic carbocycles. The summed E-state index contributed by atoms with van der Waals surface area (Å²) in [6, 6.07) is 5.78. The molecular formula is C11H13ClO. The number of aliphatic hydroxyl groups is 1. The van der Waals surface area contributed by atoms with Gasteiger partial charge in [-0.15, -0.1) is 0 Å². The average Bonchev–Trinajstić information content (AvgIpc) is 2.06. The minimum Gasteiger partial charge on any atom is -0.385 e. The van der Waals surface area contributed by atoms with E-state index >= 15 is 0 Å². The molecule has 0 heterocycles. The van der Waals surface area contributed by atoms with Crippen molar-refractivity contribution in [2.24, 2.45) is 0 Å². The smallest absolute Gasteiger partial charge is 0.0896 e. The van der Waals surface area contributed by atoms with E-state index in [0.717, 1.165) is 35.4 Å². The molecule has 0 aromatic heterocycles. The SMILES string of the molecule is Cc1cc(C2(O)CCC2)ccc1Cl. The molecule has 1 saturated carbocycles. The standard InChI is InChI=1S/C11H13ClO/c1-8-7-9(3-4-10(8)12)11(13)5-2-6-11/h3-4,7,13H,2,5-6H2,1H3. The summed E-state index contributed by atoms with van der Waals surface area (Å²) >= 11 is 5.91. The Balaban J connectivity index is 2.36. The van der Waals surface area contributed by atoms with Crippen LogP contribution in [-0.4, -0.2) is 5.11 Å². The van der Waals surface area contributed by atoms with Gasteiger partial charge in [-0.1, -0.05) is 23.7 Å². The molecule has 1 fully saturated rings. The van der Waals surface area contributed by atoms with Gasteiger partial charge >= 0.3 is 0 Å². The Morgan fingerprint density at radius 3 is 2.54 bits per heavy atom. The van der Waals surface area contributed by atoms with Gasteiger partial charge in [0.05, 0.1) is 5.60 Å². The topological polar surface area (TPSA) is 20.2 Å². The number of hydrogen-bond donors (Lipinski definition) is 1. The molecule has 0 unspecified atom stereocenters. The van der Waals surface area contributed by atoms with E-state index < -0.39 is 5.60 Å². The van der Waals surface area contributed by atoms with E-state index in [1.165, 1.54) is 0 Å². The van der Waals surface area contributed by atoms with Gasteiger partial charge in [-0.3, -0.25) is 0 Å². The number of hydrogen-bond acceptors (Lipinski definition) is 1. The second-order valence-corrected chi connectivity index (χ2v) is 4.26. The number of rotatable bonds is 1. The van der Waals surface area contributed by atoms with Crippen LogP contribution in [-0.2, 0) is 5.60 Å². The lowest BCUT2D eigenvalue weighted by Gasteiger charge is -2.37. The maximum atomic E-state index is 10.1. The van der Waals surface area contributed by atoms with Gasteiger partial charge in [-0.25, -0.2) is 0 Å². The van der Waals surface area contributed by atoms with Crippen LogP contribution >= 0.6 is 11.6 Å². The first-order valence-corrected chi connectivity index (χ1v) is 4.99. The fourth-order valence-corrected chi connectivity index (χ4v) is 1.85. The van der Waals surface area contributed by atoms with Crippen molar-refractivity contribution < 1.29 is 5.11 Å². The van der Waals surface area contributed by atoms with Gasteiger partial charge in [0, 0.05) is 5.02 Å². The molecule has 0 amide bonds. The zero-order chi connectivity index (χ0) is 9.47. The molecule has 1 nitrogen and oxygen atoms in total. The number of benzene rings is 1. The van der Waals surface area contributed by atoms with E-state index in [0.29, 0.717) is 0 Å². The third-order valence-corrected chi connectivity index (χ3v) is 3.30. The summed E-state index contributed by atoms with van der Waals surface area (Å²) in [5.74, 6) is 0. The molecule has 0 spiro atoms. The van der Waals surface area contributed by atoms with Gasteiger partial charge in [0.2, 0.25) is 0 Å². The minimum absolute atomic E-state index is 0.560. The summed E-state index contributed by atoms with van der Waals surface area (Å²) in [4.78, 5) is 0. The van der Waals surface area contributed by atoms with Crippen LogP contribution in [0.15, 0.2) is 18.2 Å². The lowest BCUT2D eigenvalue weighted by Crippen LogP contribution is -2.33. The summed E-state index contributed by atoms with van der Waals surface area (Å²) in [5, 5.41) is 10.8. The van der Waals surface area contributed by atoms with E-state index in [9.17, 15) is 5.11 Å². The quantitative estimate of drug-likeness (QED) is 0.732. The molecule has 13 heavy (non-hydrogen) atoms. The molecule has 2 rings (SSSR count). The van der Waals surface area contributed by atoms with E-state index in [4.69, 9.17) is 11.6 Å². The average molecular weight is 197 g/mol. The third-order valence-electron chi connectivity index (χ3n) is 2.88. The highest BCUT2D eigenvalue weighted by Gasteiger charge is 2.36. The first-order chi connectivity index (χ1) is 6.12. The van der Waals surface area contributed by atoms with Gasteiger partial charge in [-0.05, 0) is 43.4 Å². The zero-order valence-electron chi connectivity index (χ0n) is 7.68. The van der Waals surface area contributed by atoms with Crippen LogP contribution < -0.4 is 0 Å². The van der Waals surface area contributed by atoms with Crippen molar-refractivity contribution in [1.82, 2.24) is 0 Å². The van der Waals surface area contributed by atoms with Crippen molar-refractivity contribution >= 4 is 11.6 Å². The highest BCUT2D eigenvalue weighted by Crippen LogP contribution is 2.41. The summed E-state index contributed by atoms with van der Waals surface area (Å²) in [5.41, 5.74) is 1.50. The van der Waals surface area contributed by atoms with Crippen molar-refractivity contribution in [3.8, 4) is 0 Å². The first kappa shape index (κ1) is 9.04. The molecule has 0 atom stereocenters. The highest BCUT2D eigenvalue weighted by molar-refractivity contribution is 6.31. The second kappa shape index (κ2) is 3.00. The van der Waals surface area contributed by atoms with E-state index in [1.807, 2.05) is 25.1 Å². The maximum Gasteiger partial charge on any atom is 0.0896 e. The molecule has 0 aliphatic heterocycles. The predicted molar refractivity (Wildman–Crippen MR) is 53.9 cm³/mol. The molecule has 0 saturated heterocycles. The van der Waals surface area contributed by atoms with E-state index in [-0.39, 0.29) is 0 Å². The fraction of sp³-hybridized carbons (Fsp3) is 0.455. The van der Waals surface area contributed by atoms with E-state index in [1.54, 1.807) is 0 Å². The van der Waals surface area contributed by atoms with Crippen LogP contribution in [0.4, 0.5) is 0 Å². The van der Waals surface area contributed by atoms with Crippen LogP contribution in [0.1, 0.15) is 30.4 Å². The Kier molecular flexibility index (Phi) is 2.09. The Morgan fingerprint density at radius 1 is 1.38 bits per heavy atom. The van der Waals surface area contributed by atoms with Crippen molar-refractivity contribution in [3.05, 3.63) is 34.3 Å². The van der Waals surface area contributed by atoms with Crippen LogP contribution in [0.2, 0.25) is 5.02 Å². The largest absolute Gasteiger partial charge is 0.385 e. The predicted octanol–water partition coefficient (Wildman–Crippen LogP) is 3.02. The molecule has 0 radical (unpaired) electrons. The Hall–Kier alpha value is -0.530. The molecule has 70 valence electrons. The summed E-state index contributed by atoms with van der Waals surface area (Å²) < 4.78 is 0. The van der Waals surface area contributed by atoms with Crippen LogP contribution in [0.5, 0.6) is 0 Å². The fourth-order valence-electron chi connectivity index (χ4n) is 1.73. The van der Waals surface area contributed by atoms with Crippen LogP contribution in [0.25, 0.3) is 0 Å². The highest BCUT2D eigenvalue weighted by atomic mass is 35.5. The molecule has 1 aliphatic rings. The molecular weight excluding hydrogens is 184 g/mol. The van der Waals surface area contributed by atoms with Gasteiger partial charge in [0.1, 0.15) is 0 Å². The molecule has 0 bridgehead atoms. The Morgan fingerprint density at radius 2 is 2.08 bits per heavy atom. The second-order valence-electron chi connectivity index (χ2n) is 3.85. The molecule has 2 heteroatoms.